The van der Waals surface area contributed by atoms with Crippen LogP contribution in [0.15, 0.2) is 16.8 Å². The quantitative estimate of drug-likeness (QED) is 0.197. The van der Waals surface area contributed by atoms with Crippen molar-refractivity contribution in [3.63, 3.8) is 0 Å². The Bertz CT molecular complexity index is 457. The smallest absolute Gasteiger partial charge is 0.252 e. The summed E-state index contributed by atoms with van der Waals surface area (Å²) in [5.74, 6) is 0.0775. The number of nitrogens with one attached hydrogen (secondary N) is 1. The molecule has 0 aliphatic heterocycles. The van der Waals surface area contributed by atoms with E-state index in [0.29, 0.717) is 0 Å². The molecule has 2 nitrogen and oxygen atoms in total. The van der Waals surface area contributed by atoms with Crippen LogP contribution in [0.3, 0.4) is 0 Å². The molecule has 29 heavy (non-hydrogen) atoms. The third kappa shape index (κ3) is 16.6. The second-order valence-electron chi connectivity index (χ2n) is 8.63. The summed E-state index contributed by atoms with van der Waals surface area (Å²) in [5, 5.41) is 6.87. The van der Waals surface area contributed by atoms with Crippen molar-refractivity contribution < 1.29 is 4.79 Å². The minimum atomic E-state index is 0.0775. The zero-order valence-electron chi connectivity index (χ0n) is 19.2. The molecular weight excluding hydrogens is 374 g/mol. The fourth-order valence-corrected chi connectivity index (χ4v) is 4.54. The summed E-state index contributed by atoms with van der Waals surface area (Å²) in [6.07, 6.45) is 26.6. The topological polar surface area (TPSA) is 29.1 Å². The van der Waals surface area contributed by atoms with E-state index in [4.69, 9.17) is 0 Å². The molecule has 3 heteroatoms. The number of rotatable bonds is 21. The molecule has 1 heterocycles. The summed E-state index contributed by atoms with van der Waals surface area (Å²) in [4.78, 5) is 11.8. The van der Waals surface area contributed by atoms with Gasteiger partial charge in [0, 0.05) is 17.5 Å². The molecule has 0 saturated carbocycles. The summed E-state index contributed by atoms with van der Waals surface area (Å²) >= 11 is 1.57. The minimum Gasteiger partial charge on any atom is -0.352 e. The van der Waals surface area contributed by atoms with Crippen LogP contribution >= 0.6 is 11.3 Å². The van der Waals surface area contributed by atoms with Crippen molar-refractivity contribution in [2.75, 3.05) is 6.54 Å². The van der Waals surface area contributed by atoms with Crippen molar-refractivity contribution in [1.29, 1.82) is 0 Å². The number of unbranched alkanes of at least 4 members (excludes halogenated alkanes) is 18. The van der Waals surface area contributed by atoms with Crippen molar-refractivity contribution >= 4 is 17.2 Å². The molecule has 1 aromatic heterocycles. The molecule has 0 aliphatic rings. The van der Waals surface area contributed by atoms with Crippen LogP contribution in [-0.2, 0) is 0 Å². The van der Waals surface area contributed by atoms with Gasteiger partial charge in [-0.15, -0.1) is 0 Å². The first-order chi connectivity index (χ1) is 14.3. The highest BCUT2D eigenvalue weighted by molar-refractivity contribution is 7.08. The molecular formula is C26H47NOS. The number of carbonyl (C=O) groups excluding carboxylic acids is 1. The number of hydrogen-bond donors (Lipinski definition) is 1. The van der Waals surface area contributed by atoms with Gasteiger partial charge in [-0.2, -0.15) is 11.3 Å². The summed E-state index contributed by atoms with van der Waals surface area (Å²) in [6, 6.07) is 1.89. The van der Waals surface area contributed by atoms with E-state index in [0.717, 1.165) is 18.5 Å². The average Bonchev–Trinajstić information content (AvgIpc) is 3.27. The Morgan fingerprint density at radius 1 is 0.690 bits per heavy atom. The lowest BCUT2D eigenvalue weighted by Gasteiger charge is -2.05. The lowest BCUT2D eigenvalue weighted by Crippen LogP contribution is -2.23. The zero-order chi connectivity index (χ0) is 20.8. The van der Waals surface area contributed by atoms with E-state index in [1.54, 1.807) is 11.3 Å². The van der Waals surface area contributed by atoms with Gasteiger partial charge in [-0.25, -0.2) is 0 Å². The summed E-state index contributed by atoms with van der Waals surface area (Å²) in [5.41, 5.74) is 0.799. The van der Waals surface area contributed by atoms with Gasteiger partial charge < -0.3 is 5.32 Å². The van der Waals surface area contributed by atoms with Crippen molar-refractivity contribution in [2.45, 2.75) is 129 Å². The zero-order valence-corrected chi connectivity index (χ0v) is 20.0. The van der Waals surface area contributed by atoms with Crippen molar-refractivity contribution in [3.8, 4) is 0 Å². The molecule has 1 aromatic rings. The van der Waals surface area contributed by atoms with E-state index in [1.807, 2.05) is 16.8 Å². The highest BCUT2D eigenvalue weighted by Crippen LogP contribution is 2.14. The van der Waals surface area contributed by atoms with Gasteiger partial charge in [0.15, 0.2) is 0 Å². The third-order valence-corrected chi connectivity index (χ3v) is 6.53. The highest BCUT2D eigenvalue weighted by atomic mass is 32.1. The molecule has 0 bridgehead atoms. The van der Waals surface area contributed by atoms with Crippen LogP contribution in [0.2, 0.25) is 0 Å². The molecule has 0 radical (unpaired) electrons. The second kappa shape index (κ2) is 20.4. The molecule has 1 N–H and O–H groups in total. The van der Waals surface area contributed by atoms with Crippen LogP contribution in [0.25, 0.3) is 0 Å². The van der Waals surface area contributed by atoms with E-state index in [-0.39, 0.29) is 5.91 Å². The van der Waals surface area contributed by atoms with Crippen molar-refractivity contribution in [3.05, 3.63) is 22.4 Å². The number of amides is 1. The van der Waals surface area contributed by atoms with Crippen molar-refractivity contribution in [2.24, 2.45) is 0 Å². The predicted octanol–water partition coefficient (Wildman–Crippen LogP) is 8.91. The Kier molecular flexibility index (Phi) is 18.5. The van der Waals surface area contributed by atoms with E-state index in [9.17, 15) is 4.79 Å². The molecule has 0 unspecified atom stereocenters. The maximum absolute atomic E-state index is 11.8. The highest BCUT2D eigenvalue weighted by Gasteiger charge is 2.03. The molecule has 1 rings (SSSR count). The predicted molar refractivity (Wildman–Crippen MR) is 130 cm³/mol. The van der Waals surface area contributed by atoms with Crippen LogP contribution in [-0.4, -0.2) is 12.5 Å². The SMILES string of the molecule is CCCCCCCCCCCCCCCCCCCCCNC(=O)c1ccsc1. The largest absolute Gasteiger partial charge is 0.352 e. The molecule has 0 spiro atoms. The normalized spacial score (nSPS) is 11.1. The summed E-state index contributed by atoms with van der Waals surface area (Å²) in [7, 11) is 0. The number of thiophene rings is 1. The van der Waals surface area contributed by atoms with Gasteiger partial charge in [0.2, 0.25) is 0 Å². The Hall–Kier alpha value is -0.830. The maximum Gasteiger partial charge on any atom is 0.252 e. The van der Waals surface area contributed by atoms with Gasteiger partial charge in [-0.3, -0.25) is 4.79 Å². The number of hydrogen-bond acceptors (Lipinski definition) is 2. The van der Waals surface area contributed by atoms with Gasteiger partial charge in [0.1, 0.15) is 0 Å². The third-order valence-electron chi connectivity index (χ3n) is 5.85. The molecule has 0 aliphatic carbocycles. The van der Waals surface area contributed by atoms with E-state index in [1.165, 1.54) is 116 Å². The lowest BCUT2D eigenvalue weighted by atomic mass is 10.0. The van der Waals surface area contributed by atoms with Crippen molar-refractivity contribution in [1.82, 2.24) is 5.32 Å². The van der Waals surface area contributed by atoms with Crippen LogP contribution in [0.4, 0.5) is 0 Å². The molecule has 0 saturated heterocycles. The first kappa shape index (κ1) is 26.2. The summed E-state index contributed by atoms with van der Waals surface area (Å²) in [6.45, 7) is 3.10. The Morgan fingerprint density at radius 2 is 1.10 bits per heavy atom. The molecule has 0 atom stereocenters. The Morgan fingerprint density at radius 3 is 1.48 bits per heavy atom. The number of carbonyl (C=O) groups is 1. The standard InChI is InChI=1S/C26H47NOS/c1-2-3-4-5-6-7-8-9-10-11-12-13-14-15-16-17-18-19-20-22-27-26(28)25-21-23-29-24-25/h21,23-24H,2-20,22H2,1H3,(H,27,28). The Labute approximate surface area is 185 Å². The first-order valence-electron chi connectivity index (χ1n) is 12.6. The maximum atomic E-state index is 11.8. The molecule has 0 aromatic carbocycles. The van der Waals surface area contributed by atoms with Gasteiger partial charge >= 0.3 is 0 Å². The summed E-state index contributed by atoms with van der Waals surface area (Å²) < 4.78 is 0. The fraction of sp³-hybridized carbons (Fsp3) is 0.808. The monoisotopic (exact) mass is 421 g/mol. The fourth-order valence-electron chi connectivity index (χ4n) is 3.90. The van der Waals surface area contributed by atoms with E-state index < -0.39 is 0 Å². The minimum absolute atomic E-state index is 0.0775. The van der Waals surface area contributed by atoms with Gasteiger partial charge in [0.25, 0.3) is 5.91 Å². The van der Waals surface area contributed by atoms with E-state index >= 15 is 0 Å². The lowest BCUT2D eigenvalue weighted by molar-refractivity contribution is 0.0953. The van der Waals surface area contributed by atoms with Crippen LogP contribution in [0, 0.1) is 0 Å². The van der Waals surface area contributed by atoms with Gasteiger partial charge in [-0.1, -0.05) is 122 Å². The van der Waals surface area contributed by atoms with E-state index in [2.05, 4.69) is 12.2 Å². The Balaban J connectivity index is 1.68. The molecule has 1 amide bonds. The first-order valence-corrected chi connectivity index (χ1v) is 13.6. The molecule has 0 fully saturated rings. The van der Waals surface area contributed by atoms with Crippen LogP contribution in [0.1, 0.15) is 139 Å². The van der Waals surface area contributed by atoms with Crippen LogP contribution < -0.4 is 5.32 Å². The van der Waals surface area contributed by atoms with Gasteiger partial charge in [-0.05, 0) is 17.9 Å². The average molecular weight is 422 g/mol. The van der Waals surface area contributed by atoms with Crippen LogP contribution in [0.5, 0.6) is 0 Å². The second-order valence-corrected chi connectivity index (χ2v) is 9.41. The van der Waals surface area contributed by atoms with Gasteiger partial charge in [0.05, 0.1) is 0 Å². The molecule has 168 valence electrons.